The molecule has 5 heteroatoms. The molecular formula is C15H20N4O. The molecule has 106 valence electrons. The Kier molecular flexibility index (Phi) is 4.90. The van der Waals surface area contributed by atoms with Crippen molar-refractivity contribution < 1.29 is 4.79 Å². The highest BCUT2D eigenvalue weighted by molar-refractivity contribution is 5.77. The number of likely N-dealkylation sites (N-methyl/N-ethyl adjacent to an activating group) is 1. The second-order valence-electron chi connectivity index (χ2n) is 4.62. The molecule has 0 aliphatic heterocycles. The van der Waals surface area contributed by atoms with Gasteiger partial charge >= 0.3 is 0 Å². The van der Waals surface area contributed by atoms with Gasteiger partial charge in [0.15, 0.2) is 0 Å². The molecular weight excluding hydrogens is 252 g/mol. The Labute approximate surface area is 119 Å². The van der Waals surface area contributed by atoms with Gasteiger partial charge in [0.2, 0.25) is 5.91 Å². The molecule has 0 radical (unpaired) electrons. The molecule has 0 fully saturated rings. The Balaban J connectivity index is 1.94. The zero-order valence-electron chi connectivity index (χ0n) is 11.8. The Morgan fingerprint density at radius 2 is 2.10 bits per heavy atom. The SMILES string of the molecule is CCNC(=O)CNC(C)c1ccc(-n2ccnc2)cc1. The van der Waals surface area contributed by atoms with Gasteiger partial charge in [0, 0.05) is 30.7 Å². The smallest absolute Gasteiger partial charge is 0.233 e. The first kappa shape index (κ1) is 14.3. The van der Waals surface area contributed by atoms with Gasteiger partial charge in [0.25, 0.3) is 0 Å². The number of hydrogen-bond acceptors (Lipinski definition) is 3. The molecule has 2 N–H and O–H groups in total. The van der Waals surface area contributed by atoms with Gasteiger partial charge in [-0.25, -0.2) is 4.98 Å². The summed E-state index contributed by atoms with van der Waals surface area (Å²) in [7, 11) is 0. The molecule has 1 heterocycles. The van der Waals surface area contributed by atoms with Crippen molar-refractivity contribution in [2.24, 2.45) is 0 Å². The molecule has 1 aromatic heterocycles. The minimum absolute atomic E-state index is 0.0226. The molecule has 0 saturated carbocycles. The maximum atomic E-state index is 11.4. The molecule has 0 saturated heterocycles. The van der Waals surface area contributed by atoms with Crippen LogP contribution in [0, 0.1) is 0 Å². The number of rotatable bonds is 6. The topological polar surface area (TPSA) is 59.0 Å². The largest absolute Gasteiger partial charge is 0.355 e. The van der Waals surface area contributed by atoms with Crippen LogP contribution in [0.15, 0.2) is 43.0 Å². The Morgan fingerprint density at radius 3 is 2.70 bits per heavy atom. The normalized spacial score (nSPS) is 12.1. The summed E-state index contributed by atoms with van der Waals surface area (Å²) in [5.41, 5.74) is 2.22. The van der Waals surface area contributed by atoms with E-state index in [1.54, 1.807) is 12.5 Å². The minimum Gasteiger partial charge on any atom is -0.355 e. The lowest BCUT2D eigenvalue weighted by Crippen LogP contribution is -2.34. The van der Waals surface area contributed by atoms with E-state index >= 15 is 0 Å². The van der Waals surface area contributed by atoms with Crippen molar-refractivity contribution in [3.8, 4) is 5.69 Å². The molecule has 0 spiro atoms. The van der Waals surface area contributed by atoms with Crippen LogP contribution in [0.1, 0.15) is 25.5 Å². The highest BCUT2D eigenvalue weighted by Crippen LogP contribution is 2.15. The van der Waals surface area contributed by atoms with Gasteiger partial charge in [-0.05, 0) is 31.5 Å². The van der Waals surface area contributed by atoms with Crippen molar-refractivity contribution >= 4 is 5.91 Å². The third-order valence-corrected chi connectivity index (χ3v) is 3.14. The number of benzene rings is 1. The van der Waals surface area contributed by atoms with Crippen LogP contribution >= 0.6 is 0 Å². The standard InChI is InChI=1S/C15H20N4O/c1-3-17-15(20)10-18-12(2)13-4-6-14(7-5-13)19-9-8-16-11-19/h4-9,11-12,18H,3,10H2,1-2H3,(H,17,20). The van der Waals surface area contributed by atoms with E-state index in [4.69, 9.17) is 0 Å². The lowest BCUT2D eigenvalue weighted by molar-refractivity contribution is -0.120. The summed E-state index contributed by atoms with van der Waals surface area (Å²) >= 11 is 0. The average Bonchev–Trinajstić information content (AvgIpc) is 2.99. The summed E-state index contributed by atoms with van der Waals surface area (Å²) in [6.07, 6.45) is 5.43. The number of aromatic nitrogens is 2. The second-order valence-corrected chi connectivity index (χ2v) is 4.62. The summed E-state index contributed by atoms with van der Waals surface area (Å²) in [4.78, 5) is 15.4. The first-order chi connectivity index (χ1) is 9.70. The fourth-order valence-electron chi connectivity index (χ4n) is 1.97. The fourth-order valence-corrected chi connectivity index (χ4v) is 1.97. The molecule has 2 aromatic rings. The van der Waals surface area contributed by atoms with Crippen LogP contribution in [-0.4, -0.2) is 28.5 Å². The number of amides is 1. The molecule has 0 bridgehead atoms. The molecule has 20 heavy (non-hydrogen) atoms. The highest BCUT2D eigenvalue weighted by atomic mass is 16.1. The molecule has 0 aliphatic carbocycles. The maximum Gasteiger partial charge on any atom is 0.233 e. The van der Waals surface area contributed by atoms with Crippen molar-refractivity contribution in [1.29, 1.82) is 0 Å². The van der Waals surface area contributed by atoms with Crippen molar-refractivity contribution in [1.82, 2.24) is 20.2 Å². The Hall–Kier alpha value is -2.14. The average molecular weight is 272 g/mol. The van der Waals surface area contributed by atoms with E-state index < -0.39 is 0 Å². The number of nitrogens with one attached hydrogen (secondary N) is 2. The number of hydrogen-bond donors (Lipinski definition) is 2. The van der Waals surface area contributed by atoms with Crippen LogP contribution in [0.4, 0.5) is 0 Å². The Morgan fingerprint density at radius 1 is 1.35 bits per heavy atom. The first-order valence-corrected chi connectivity index (χ1v) is 6.79. The number of carbonyl (C=O) groups is 1. The van der Waals surface area contributed by atoms with E-state index in [0.29, 0.717) is 13.1 Å². The van der Waals surface area contributed by atoms with E-state index in [1.165, 1.54) is 0 Å². The third-order valence-electron chi connectivity index (χ3n) is 3.14. The lowest BCUT2D eigenvalue weighted by Gasteiger charge is -2.14. The monoisotopic (exact) mass is 272 g/mol. The number of nitrogens with zero attached hydrogens (tertiary/aromatic N) is 2. The molecule has 1 amide bonds. The van der Waals surface area contributed by atoms with Gasteiger partial charge in [0.05, 0.1) is 12.9 Å². The molecule has 1 atom stereocenters. The second kappa shape index (κ2) is 6.86. The predicted octanol–water partition coefficient (Wildman–Crippen LogP) is 1.66. The summed E-state index contributed by atoms with van der Waals surface area (Å²) in [5.74, 6) is 0.0226. The zero-order chi connectivity index (χ0) is 14.4. The zero-order valence-corrected chi connectivity index (χ0v) is 11.8. The molecule has 1 aromatic carbocycles. The lowest BCUT2D eigenvalue weighted by atomic mass is 10.1. The van der Waals surface area contributed by atoms with E-state index in [2.05, 4.69) is 27.8 Å². The van der Waals surface area contributed by atoms with Crippen LogP contribution in [0.3, 0.4) is 0 Å². The van der Waals surface area contributed by atoms with Gasteiger partial charge in [-0.1, -0.05) is 12.1 Å². The van der Waals surface area contributed by atoms with Gasteiger partial charge in [-0.15, -0.1) is 0 Å². The molecule has 5 nitrogen and oxygen atoms in total. The summed E-state index contributed by atoms with van der Waals surface area (Å²) in [6, 6.07) is 8.34. The van der Waals surface area contributed by atoms with Crippen LogP contribution in [-0.2, 0) is 4.79 Å². The maximum absolute atomic E-state index is 11.4. The van der Waals surface area contributed by atoms with Gasteiger partial charge < -0.3 is 15.2 Å². The van der Waals surface area contributed by atoms with Gasteiger partial charge in [0.1, 0.15) is 0 Å². The van der Waals surface area contributed by atoms with E-state index in [0.717, 1.165) is 11.3 Å². The van der Waals surface area contributed by atoms with E-state index in [-0.39, 0.29) is 11.9 Å². The van der Waals surface area contributed by atoms with Gasteiger partial charge in [-0.3, -0.25) is 4.79 Å². The first-order valence-electron chi connectivity index (χ1n) is 6.79. The molecule has 1 unspecified atom stereocenters. The fraction of sp³-hybridized carbons (Fsp3) is 0.333. The van der Waals surface area contributed by atoms with Crippen molar-refractivity contribution in [2.75, 3.05) is 13.1 Å². The predicted molar refractivity (Wildman–Crippen MR) is 78.7 cm³/mol. The van der Waals surface area contributed by atoms with Gasteiger partial charge in [-0.2, -0.15) is 0 Å². The van der Waals surface area contributed by atoms with Crippen molar-refractivity contribution in [3.05, 3.63) is 48.5 Å². The molecule has 0 aliphatic rings. The Bertz CT molecular complexity index is 534. The van der Waals surface area contributed by atoms with Crippen LogP contribution in [0.5, 0.6) is 0 Å². The van der Waals surface area contributed by atoms with Crippen molar-refractivity contribution in [3.63, 3.8) is 0 Å². The van der Waals surface area contributed by atoms with Crippen LogP contribution in [0.25, 0.3) is 5.69 Å². The minimum atomic E-state index is 0.0226. The number of carbonyl (C=O) groups excluding carboxylic acids is 1. The third kappa shape index (κ3) is 3.68. The quantitative estimate of drug-likeness (QED) is 0.841. The van der Waals surface area contributed by atoms with Crippen LogP contribution < -0.4 is 10.6 Å². The highest BCUT2D eigenvalue weighted by Gasteiger charge is 2.07. The van der Waals surface area contributed by atoms with Crippen LogP contribution in [0.2, 0.25) is 0 Å². The van der Waals surface area contributed by atoms with E-state index in [1.807, 2.05) is 36.7 Å². The molecule has 2 rings (SSSR count). The summed E-state index contributed by atoms with van der Waals surface area (Å²) in [6.45, 7) is 4.95. The number of imidazole rings is 1. The summed E-state index contributed by atoms with van der Waals surface area (Å²) in [5, 5.41) is 5.97. The van der Waals surface area contributed by atoms with Crippen molar-refractivity contribution in [2.45, 2.75) is 19.9 Å². The van der Waals surface area contributed by atoms with E-state index in [9.17, 15) is 4.79 Å². The summed E-state index contributed by atoms with van der Waals surface area (Å²) < 4.78 is 1.95.